The van der Waals surface area contributed by atoms with E-state index >= 15 is 0 Å². The Morgan fingerprint density at radius 3 is 1.87 bits per heavy atom. The Morgan fingerprint density at radius 1 is 1.00 bits per heavy atom. The van der Waals surface area contributed by atoms with Gasteiger partial charge < -0.3 is 19.1 Å². The van der Waals surface area contributed by atoms with Crippen LogP contribution in [-0.4, -0.2) is 32.1 Å². The van der Waals surface area contributed by atoms with Gasteiger partial charge >= 0.3 is 9.28 Å². The number of benzene rings is 1. The number of aliphatic hydroxyl groups excluding tert-OH is 2. The van der Waals surface area contributed by atoms with Crippen molar-refractivity contribution < 1.29 is 19.1 Å². The highest BCUT2D eigenvalue weighted by Gasteiger charge is 2.22. The normalized spacial score (nSPS) is 15.3. The van der Waals surface area contributed by atoms with Gasteiger partial charge in [0.25, 0.3) is 0 Å². The third-order valence-electron chi connectivity index (χ3n) is 1.56. The highest BCUT2D eigenvalue weighted by Crippen LogP contribution is 1.99. The molecule has 1 radical (unpaired) electrons. The van der Waals surface area contributed by atoms with Crippen molar-refractivity contribution in [1.82, 2.24) is 0 Å². The second kappa shape index (κ2) is 5.99. The SMILES string of the molecule is CC(O)O[Si](OC(C)O)c1ccccc1. The zero-order valence-electron chi connectivity index (χ0n) is 8.75. The molecule has 1 aromatic rings. The molecule has 2 unspecified atom stereocenters. The van der Waals surface area contributed by atoms with Gasteiger partial charge in [-0.3, -0.25) is 0 Å². The fourth-order valence-electron chi connectivity index (χ4n) is 1.05. The lowest BCUT2D eigenvalue weighted by molar-refractivity contribution is -0.0596. The molecule has 4 nitrogen and oxygen atoms in total. The molecule has 0 aromatic heterocycles. The largest absolute Gasteiger partial charge is 0.427 e. The molecule has 0 spiro atoms. The van der Waals surface area contributed by atoms with Crippen LogP contribution in [0.1, 0.15) is 13.8 Å². The highest BCUT2D eigenvalue weighted by molar-refractivity contribution is 6.61. The van der Waals surface area contributed by atoms with E-state index in [2.05, 4.69) is 0 Å². The number of hydrogen-bond donors (Lipinski definition) is 2. The van der Waals surface area contributed by atoms with E-state index < -0.39 is 21.9 Å². The smallest absolute Gasteiger partial charge is 0.369 e. The van der Waals surface area contributed by atoms with Gasteiger partial charge in [0.05, 0.1) is 0 Å². The van der Waals surface area contributed by atoms with Crippen molar-refractivity contribution in [1.29, 1.82) is 0 Å². The first-order valence-electron chi connectivity index (χ1n) is 4.71. The summed E-state index contributed by atoms with van der Waals surface area (Å²) in [6.45, 7) is 3.03. The molecule has 0 bridgehead atoms. The molecular weight excluding hydrogens is 212 g/mol. The molecule has 0 saturated heterocycles. The Kier molecular flexibility index (Phi) is 4.93. The van der Waals surface area contributed by atoms with E-state index in [4.69, 9.17) is 19.1 Å². The Labute approximate surface area is 90.9 Å². The average molecular weight is 227 g/mol. The summed E-state index contributed by atoms with van der Waals surface area (Å²) in [6.07, 6.45) is -1.81. The predicted octanol–water partition coefficient (Wildman–Crippen LogP) is 0.0916. The summed E-state index contributed by atoms with van der Waals surface area (Å²) < 4.78 is 10.4. The van der Waals surface area contributed by atoms with Crippen LogP contribution in [0.3, 0.4) is 0 Å². The van der Waals surface area contributed by atoms with Crippen molar-refractivity contribution >= 4 is 14.5 Å². The third kappa shape index (κ3) is 4.54. The summed E-state index contributed by atoms with van der Waals surface area (Å²) in [5.74, 6) is 0. The predicted molar refractivity (Wildman–Crippen MR) is 57.4 cm³/mol. The molecule has 1 aromatic carbocycles. The van der Waals surface area contributed by atoms with Crippen molar-refractivity contribution in [2.75, 3.05) is 0 Å². The standard InChI is InChI=1S/C10H15O4Si/c1-8(11)13-15(14-9(2)12)10-6-4-3-5-7-10/h3-9,11-12H,1-2H3. The molecule has 83 valence electrons. The summed E-state index contributed by atoms with van der Waals surface area (Å²) in [4.78, 5) is 0. The molecule has 1 rings (SSSR count). The van der Waals surface area contributed by atoms with E-state index in [9.17, 15) is 0 Å². The van der Waals surface area contributed by atoms with Gasteiger partial charge in [-0.1, -0.05) is 30.3 Å². The van der Waals surface area contributed by atoms with E-state index in [1.165, 1.54) is 13.8 Å². The van der Waals surface area contributed by atoms with Gasteiger partial charge in [-0.2, -0.15) is 0 Å². The quantitative estimate of drug-likeness (QED) is 0.553. The first-order chi connectivity index (χ1) is 7.09. The van der Waals surface area contributed by atoms with Gasteiger partial charge in [0.15, 0.2) is 0 Å². The van der Waals surface area contributed by atoms with E-state index in [-0.39, 0.29) is 0 Å². The summed E-state index contributed by atoms with van der Waals surface area (Å²) in [5, 5.41) is 19.1. The Bertz CT molecular complexity index is 266. The summed E-state index contributed by atoms with van der Waals surface area (Å²) in [6, 6.07) is 9.29. The second-order valence-corrected chi connectivity index (χ2v) is 4.71. The van der Waals surface area contributed by atoms with Crippen molar-refractivity contribution in [2.45, 2.75) is 26.4 Å². The fourth-order valence-corrected chi connectivity index (χ4v) is 2.46. The van der Waals surface area contributed by atoms with E-state index in [0.29, 0.717) is 0 Å². The van der Waals surface area contributed by atoms with E-state index in [1.807, 2.05) is 30.3 Å². The first-order valence-corrected chi connectivity index (χ1v) is 6.03. The van der Waals surface area contributed by atoms with Gasteiger partial charge in [0.2, 0.25) is 0 Å². The molecule has 0 aliphatic heterocycles. The zero-order valence-corrected chi connectivity index (χ0v) is 9.75. The third-order valence-corrected chi connectivity index (χ3v) is 3.48. The van der Waals surface area contributed by atoms with Crippen LogP contribution in [0.5, 0.6) is 0 Å². The molecule has 15 heavy (non-hydrogen) atoms. The monoisotopic (exact) mass is 227 g/mol. The summed E-state index contributed by atoms with van der Waals surface area (Å²) in [5.41, 5.74) is 0. The minimum Gasteiger partial charge on any atom is -0.369 e. The van der Waals surface area contributed by atoms with Crippen LogP contribution in [0.4, 0.5) is 0 Å². The lowest BCUT2D eigenvalue weighted by atomic mass is 10.4. The first kappa shape index (κ1) is 12.3. The van der Waals surface area contributed by atoms with E-state index in [1.54, 1.807) is 0 Å². The minimum atomic E-state index is -1.82. The van der Waals surface area contributed by atoms with Crippen LogP contribution in [0.25, 0.3) is 0 Å². The van der Waals surface area contributed by atoms with Gasteiger partial charge in [-0.15, -0.1) is 0 Å². The number of hydrogen-bond acceptors (Lipinski definition) is 4. The molecular formula is C10H15O4Si. The summed E-state index contributed by atoms with van der Waals surface area (Å²) in [7, 11) is -1.82. The Morgan fingerprint density at radius 2 is 1.47 bits per heavy atom. The maximum atomic E-state index is 9.14. The zero-order chi connectivity index (χ0) is 11.3. The molecule has 2 N–H and O–H groups in total. The Hall–Kier alpha value is -0.723. The minimum absolute atomic E-state index is 0.851. The molecule has 0 heterocycles. The van der Waals surface area contributed by atoms with E-state index in [0.717, 1.165) is 5.19 Å². The van der Waals surface area contributed by atoms with Crippen LogP contribution in [-0.2, 0) is 8.85 Å². The van der Waals surface area contributed by atoms with Crippen molar-refractivity contribution in [3.63, 3.8) is 0 Å². The van der Waals surface area contributed by atoms with Gasteiger partial charge in [-0.05, 0) is 19.0 Å². The summed E-state index contributed by atoms with van der Waals surface area (Å²) >= 11 is 0. The van der Waals surface area contributed by atoms with Crippen LogP contribution in [0.2, 0.25) is 0 Å². The van der Waals surface area contributed by atoms with Crippen molar-refractivity contribution in [3.05, 3.63) is 30.3 Å². The van der Waals surface area contributed by atoms with Crippen LogP contribution < -0.4 is 5.19 Å². The lowest BCUT2D eigenvalue weighted by Crippen LogP contribution is -2.41. The van der Waals surface area contributed by atoms with Crippen LogP contribution in [0.15, 0.2) is 30.3 Å². The maximum Gasteiger partial charge on any atom is 0.427 e. The number of aliphatic hydroxyl groups is 2. The molecule has 5 heteroatoms. The molecule has 2 atom stereocenters. The Balaban J connectivity index is 2.72. The van der Waals surface area contributed by atoms with Gasteiger partial charge in [0, 0.05) is 0 Å². The van der Waals surface area contributed by atoms with Crippen LogP contribution in [0, 0.1) is 0 Å². The average Bonchev–Trinajstić information content (AvgIpc) is 2.17. The van der Waals surface area contributed by atoms with Crippen molar-refractivity contribution in [2.24, 2.45) is 0 Å². The second-order valence-electron chi connectivity index (χ2n) is 3.09. The maximum absolute atomic E-state index is 9.14. The van der Waals surface area contributed by atoms with Gasteiger partial charge in [0.1, 0.15) is 12.6 Å². The molecule has 0 aliphatic carbocycles. The van der Waals surface area contributed by atoms with Crippen molar-refractivity contribution in [3.8, 4) is 0 Å². The number of rotatable bonds is 5. The lowest BCUT2D eigenvalue weighted by Gasteiger charge is -2.18. The molecule has 0 saturated carbocycles. The molecule has 0 amide bonds. The highest BCUT2D eigenvalue weighted by atomic mass is 28.3. The molecule has 0 aliphatic rings. The van der Waals surface area contributed by atoms with Gasteiger partial charge in [-0.25, -0.2) is 0 Å². The topological polar surface area (TPSA) is 58.9 Å². The van der Waals surface area contributed by atoms with Crippen LogP contribution >= 0.6 is 0 Å². The molecule has 0 fully saturated rings. The fraction of sp³-hybridized carbons (Fsp3) is 0.400.